The number of aliphatic hydroxyl groups is 1. The van der Waals surface area contributed by atoms with Crippen molar-refractivity contribution in [3.8, 4) is 5.75 Å². The van der Waals surface area contributed by atoms with E-state index < -0.39 is 35.5 Å². The molecule has 3 aromatic rings. The fraction of sp³-hybridized carbons (Fsp3) is 0.385. The van der Waals surface area contributed by atoms with Gasteiger partial charge in [0.15, 0.2) is 0 Å². The summed E-state index contributed by atoms with van der Waals surface area (Å²) in [6.07, 6.45) is 1.23. The number of hydrogen-bond donors (Lipinski definition) is 4. The molecular formula is C26H31N5O5. The molecule has 0 unspecified atom stereocenters. The molecule has 0 saturated heterocycles. The first-order valence-electron chi connectivity index (χ1n) is 11.9. The Labute approximate surface area is 208 Å². The van der Waals surface area contributed by atoms with E-state index >= 15 is 0 Å². The van der Waals surface area contributed by atoms with Crippen molar-refractivity contribution >= 4 is 5.91 Å². The van der Waals surface area contributed by atoms with Gasteiger partial charge in [-0.3, -0.25) is 24.5 Å². The third-order valence-corrected chi connectivity index (χ3v) is 6.55. The van der Waals surface area contributed by atoms with Crippen LogP contribution in [0.1, 0.15) is 23.4 Å². The number of aromatic nitrogens is 3. The van der Waals surface area contributed by atoms with Gasteiger partial charge in [0.25, 0.3) is 5.56 Å². The topological polar surface area (TPSA) is 140 Å². The maximum atomic E-state index is 13.0. The van der Waals surface area contributed by atoms with Gasteiger partial charge < -0.3 is 20.1 Å². The number of hydrogen-bond acceptors (Lipinski definition) is 7. The lowest BCUT2D eigenvalue weighted by Gasteiger charge is -2.32. The van der Waals surface area contributed by atoms with Gasteiger partial charge in [-0.1, -0.05) is 24.3 Å². The summed E-state index contributed by atoms with van der Waals surface area (Å²) < 4.78 is 6.08. The Hall–Kier alpha value is -3.76. The van der Waals surface area contributed by atoms with Gasteiger partial charge in [-0.15, -0.1) is 0 Å². The van der Waals surface area contributed by atoms with E-state index in [1.807, 2.05) is 60.5 Å². The zero-order valence-electron chi connectivity index (χ0n) is 20.3. The molecule has 36 heavy (non-hydrogen) atoms. The van der Waals surface area contributed by atoms with Crippen molar-refractivity contribution in [2.75, 3.05) is 13.6 Å². The number of benzene rings is 1. The van der Waals surface area contributed by atoms with E-state index in [4.69, 9.17) is 4.74 Å². The number of nitrogens with one attached hydrogen (secondary N) is 3. The second kappa shape index (κ2) is 11.3. The van der Waals surface area contributed by atoms with Gasteiger partial charge in [0.1, 0.15) is 18.0 Å². The lowest BCUT2D eigenvalue weighted by Crippen LogP contribution is -2.53. The molecular weight excluding hydrogens is 462 g/mol. The van der Waals surface area contributed by atoms with Crippen LogP contribution < -0.4 is 21.3 Å². The van der Waals surface area contributed by atoms with Gasteiger partial charge in [-0.25, -0.2) is 4.79 Å². The first-order valence-corrected chi connectivity index (χ1v) is 11.9. The van der Waals surface area contributed by atoms with Gasteiger partial charge in [-0.2, -0.15) is 0 Å². The van der Waals surface area contributed by atoms with Gasteiger partial charge in [0.2, 0.25) is 5.91 Å². The maximum Gasteiger partial charge on any atom is 0.325 e. The predicted octanol–water partition coefficient (Wildman–Crippen LogP) is 0.549. The van der Waals surface area contributed by atoms with Crippen molar-refractivity contribution in [1.82, 2.24) is 25.2 Å². The van der Waals surface area contributed by atoms with Gasteiger partial charge in [-0.05, 0) is 38.2 Å². The monoisotopic (exact) mass is 493 g/mol. The highest BCUT2D eigenvalue weighted by Gasteiger charge is 2.46. The lowest BCUT2D eigenvalue weighted by molar-refractivity contribution is -0.121. The molecule has 1 aliphatic rings. The summed E-state index contributed by atoms with van der Waals surface area (Å²) >= 11 is 0. The molecule has 1 saturated carbocycles. The van der Waals surface area contributed by atoms with Crippen LogP contribution in [-0.4, -0.2) is 68.7 Å². The molecule has 1 amide bonds. The van der Waals surface area contributed by atoms with E-state index in [0.29, 0.717) is 30.8 Å². The molecule has 190 valence electrons. The van der Waals surface area contributed by atoms with Crippen LogP contribution in [-0.2, 0) is 17.6 Å². The van der Waals surface area contributed by atoms with Crippen molar-refractivity contribution in [3.05, 3.63) is 92.5 Å². The van der Waals surface area contributed by atoms with Crippen molar-refractivity contribution in [1.29, 1.82) is 0 Å². The number of carbonyl (C=O) groups is 1. The van der Waals surface area contributed by atoms with Crippen LogP contribution in [0.2, 0.25) is 0 Å². The van der Waals surface area contributed by atoms with E-state index in [-0.39, 0.29) is 17.9 Å². The van der Waals surface area contributed by atoms with E-state index in [1.165, 1.54) is 0 Å². The molecule has 1 fully saturated rings. The van der Waals surface area contributed by atoms with Gasteiger partial charge in [0.05, 0.1) is 18.5 Å². The molecule has 0 bridgehead atoms. The number of H-pyrrole nitrogens is 2. The Morgan fingerprint density at radius 1 is 1.17 bits per heavy atom. The second-order valence-corrected chi connectivity index (χ2v) is 9.10. The van der Waals surface area contributed by atoms with E-state index in [0.717, 1.165) is 5.69 Å². The van der Waals surface area contributed by atoms with Crippen molar-refractivity contribution in [3.63, 3.8) is 0 Å². The number of aromatic amines is 2. The summed E-state index contributed by atoms with van der Waals surface area (Å²) in [6.45, 7) is 2.19. The van der Waals surface area contributed by atoms with Crippen molar-refractivity contribution < 1.29 is 14.6 Å². The average Bonchev–Trinajstić information content (AvgIpc) is 3.15. The number of carbonyl (C=O) groups excluding carboxylic acids is 1. The largest absolute Gasteiger partial charge is 0.488 e. The fourth-order valence-electron chi connectivity index (χ4n) is 4.73. The number of aryl methyl sites for hydroxylation is 1. The fourth-order valence-corrected chi connectivity index (χ4v) is 4.73. The molecule has 10 nitrogen and oxygen atoms in total. The zero-order valence-corrected chi connectivity index (χ0v) is 20.3. The number of aliphatic hydroxyl groups excluding tert-OH is 1. The first-order chi connectivity index (χ1) is 17.3. The third kappa shape index (κ3) is 6.07. The molecule has 1 aliphatic carbocycles. The normalized spacial score (nSPS) is 21.4. The molecule has 10 heteroatoms. The Bertz CT molecular complexity index is 1280. The zero-order chi connectivity index (χ0) is 25.7. The number of para-hydroxylation sites is 1. The number of amides is 1. The third-order valence-electron chi connectivity index (χ3n) is 6.55. The first kappa shape index (κ1) is 25.3. The molecule has 0 aliphatic heterocycles. The summed E-state index contributed by atoms with van der Waals surface area (Å²) in [5.74, 6) is 0.259. The van der Waals surface area contributed by atoms with E-state index in [1.54, 1.807) is 13.1 Å². The smallest absolute Gasteiger partial charge is 0.325 e. The molecule has 4 atom stereocenters. The average molecular weight is 494 g/mol. The quantitative estimate of drug-likeness (QED) is 0.341. The molecule has 2 aromatic heterocycles. The van der Waals surface area contributed by atoms with Crippen LogP contribution in [0, 0.1) is 6.92 Å². The van der Waals surface area contributed by atoms with Crippen LogP contribution >= 0.6 is 0 Å². The summed E-state index contributed by atoms with van der Waals surface area (Å²) in [6, 6.07) is 14.2. The Kier molecular flexibility index (Phi) is 7.97. The molecule has 4 rings (SSSR count). The molecule has 0 spiro atoms. The second-order valence-electron chi connectivity index (χ2n) is 9.10. The van der Waals surface area contributed by atoms with Crippen LogP contribution in [0.5, 0.6) is 5.75 Å². The molecule has 0 radical (unpaired) electrons. The summed E-state index contributed by atoms with van der Waals surface area (Å²) in [4.78, 5) is 47.7. The Balaban J connectivity index is 1.50. The lowest BCUT2D eigenvalue weighted by atomic mass is 10.1. The SMILES string of the molecule is Cc1[nH]c(=O)[nH]c(=O)c1CC(=O)N[C@@H]1C[C@@H](Oc2ccccc2)[C@H](O)[C@H]1N(C)CCc1ccccn1. The Morgan fingerprint density at radius 2 is 1.92 bits per heavy atom. The molecule has 4 N–H and O–H groups in total. The van der Waals surface area contributed by atoms with Gasteiger partial charge in [0, 0.05) is 42.5 Å². The minimum atomic E-state index is -0.859. The van der Waals surface area contributed by atoms with Crippen molar-refractivity contribution in [2.24, 2.45) is 0 Å². The summed E-state index contributed by atoms with van der Waals surface area (Å²) in [7, 11) is 1.90. The minimum absolute atomic E-state index is 0.195. The van der Waals surface area contributed by atoms with Gasteiger partial charge >= 0.3 is 5.69 Å². The highest BCUT2D eigenvalue weighted by Crippen LogP contribution is 2.29. The van der Waals surface area contributed by atoms with Crippen LogP contribution in [0.25, 0.3) is 0 Å². The standard InChI is InChI=1S/C26H31N5O5/c1-16-19(25(34)30-26(35)28-16)14-22(32)29-20-15-21(36-18-9-4-3-5-10-18)24(33)23(20)31(2)13-11-17-8-6-7-12-27-17/h3-10,12,20-21,23-24,33H,11,13-15H2,1-2H3,(H,29,32)(H2,28,30,34,35)/t20-,21-,23+,24+/m1/s1. The molecule has 1 aromatic carbocycles. The maximum absolute atomic E-state index is 13.0. The summed E-state index contributed by atoms with van der Waals surface area (Å²) in [5, 5.41) is 14.2. The van der Waals surface area contributed by atoms with Crippen LogP contribution in [0.3, 0.4) is 0 Å². The van der Waals surface area contributed by atoms with E-state index in [9.17, 15) is 19.5 Å². The van der Waals surface area contributed by atoms with Crippen LogP contribution in [0.15, 0.2) is 64.3 Å². The highest BCUT2D eigenvalue weighted by atomic mass is 16.5. The number of ether oxygens (including phenoxy) is 1. The number of rotatable bonds is 9. The number of pyridine rings is 1. The number of nitrogens with zero attached hydrogens (tertiary/aromatic N) is 2. The molecule has 2 heterocycles. The summed E-state index contributed by atoms with van der Waals surface area (Å²) in [5.41, 5.74) is 0.271. The number of likely N-dealkylation sites (N-methyl/N-ethyl adjacent to an activating group) is 1. The predicted molar refractivity (Wildman–Crippen MR) is 134 cm³/mol. The van der Waals surface area contributed by atoms with E-state index in [2.05, 4.69) is 20.3 Å². The Morgan fingerprint density at radius 3 is 2.61 bits per heavy atom. The van der Waals surface area contributed by atoms with Crippen molar-refractivity contribution in [2.45, 2.75) is 50.5 Å². The minimum Gasteiger partial charge on any atom is -0.488 e. The van der Waals surface area contributed by atoms with Crippen LogP contribution in [0.4, 0.5) is 0 Å². The highest BCUT2D eigenvalue weighted by molar-refractivity contribution is 5.79.